The minimum atomic E-state index is -1.41. The van der Waals surface area contributed by atoms with Crippen LogP contribution in [-0.2, 0) is 30.1 Å². The monoisotopic (exact) mass is 596 g/mol. The Labute approximate surface area is 254 Å². The summed E-state index contributed by atoms with van der Waals surface area (Å²) in [6.45, 7) is -0.454. The third kappa shape index (κ3) is 7.76. The van der Waals surface area contributed by atoms with Crippen molar-refractivity contribution >= 4 is 17.9 Å². The normalized spacial score (nSPS) is 21.2. The maximum Gasteiger partial charge on any atom is 0.338 e. The van der Waals surface area contributed by atoms with Crippen molar-refractivity contribution in [3.05, 3.63) is 144 Å². The standard InChI is InChI=1S/C35H32O9/c36-23-28-29(42-32(37)25-15-7-2-8-16-25)30(43-33(38)26-17-9-3-10-18-26)31(44-34(39)27-19-11-4-12-20-27)35(41-28)40-22-21-24-13-5-1-6-14-24/h1-20,28-31,35-36H,21-23H2/t28-,29-,30+,31-,35-/m1/s1. The first-order valence-electron chi connectivity index (χ1n) is 14.2. The van der Waals surface area contributed by atoms with E-state index in [1.165, 1.54) is 0 Å². The molecule has 0 bridgehead atoms. The van der Waals surface area contributed by atoms with Crippen LogP contribution in [0, 0.1) is 0 Å². The second kappa shape index (κ2) is 15.1. The highest BCUT2D eigenvalue weighted by Gasteiger charge is 2.53. The molecule has 1 aliphatic rings. The molecule has 44 heavy (non-hydrogen) atoms. The Bertz CT molecular complexity index is 1500. The van der Waals surface area contributed by atoms with E-state index in [-0.39, 0.29) is 23.3 Å². The van der Waals surface area contributed by atoms with Gasteiger partial charge in [0, 0.05) is 0 Å². The van der Waals surface area contributed by atoms with Crippen LogP contribution in [0.25, 0.3) is 0 Å². The summed E-state index contributed by atoms with van der Waals surface area (Å²) in [6.07, 6.45) is -6.08. The average molecular weight is 597 g/mol. The quantitative estimate of drug-likeness (QED) is 0.195. The molecule has 0 aliphatic carbocycles. The predicted molar refractivity (Wildman–Crippen MR) is 159 cm³/mol. The highest BCUT2D eigenvalue weighted by molar-refractivity contribution is 5.91. The number of hydrogen-bond acceptors (Lipinski definition) is 9. The lowest BCUT2D eigenvalue weighted by atomic mass is 9.97. The van der Waals surface area contributed by atoms with Crippen LogP contribution in [0.15, 0.2) is 121 Å². The van der Waals surface area contributed by atoms with Gasteiger partial charge >= 0.3 is 17.9 Å². The Morgan fingerprint density at radius 3 is 1.43 bits per heavy atom. The van der Waals surface area contributed by atoms with Crippen LogP contribution in [0.2, 0.25) is 0 Å². The summed E-state index contributed by atoms with van der Waals surface area (Å²) >= 11 is 0. The van der Waals surface area contributed by atoms with Crippen molar-refractivity contribution in [2.45, 2.75) is 37.1 Å². The molecule has 0 aromatic heterocycles. The van der Waals surface area contributed by atoms with Gasteiger partial charge in [-0.25, -0.2) is 14.4 Å². The minimum absolute atomic E-state index is 0.153. The van der Waals surface area contributed by atoms with Crippen molar-refractivity contribution in [1.82, 2.24) is 0 Å². The fraction of sp³-hybridized carbons (Fsp3) is 0.229. The molecule has 0 saturated carbocycles. The van der Waals surface area contributed by atoms with Gasteiger partial charge in [-0.05, 0) is 48.4 Å². The Hall–Kier alpha value is -4.83. The summed E-state index contributed by atoms with van der Waals surface area (Å²) in [7, 11) is 0. The topological polar surface area (TPSA) is 118 Å². The summed E-state index contributed by atoms with van der Waals surface area (Å²) in [6, 6.07) is 34.3. The zero-order valence-corrected chi connectivity index (χ0v) is 23.8. The molecule has 9 heteroatoms. The molecule has 4 aromatic carbocycles. The predicted octanol–water partition coefficient (Wildman–Crippen LogP) is 4.64. The van der Waals surface area contributed by atoms with Gasteiger partial charge in [-0.3, -0.25) is 0 Å². The van der Waals surface area contributed by atoms with E-state index in [1.54, 1.807) is 91.0 Å². The molecule has 0 unspecified atom stereocenters. The third-order valence-corrected chi connectivity index (χ3v) is 7.04. The van der Waals surface area contributed by atoms with E-state index in [1.807, 2.05) is 30.3 Å². The molecule has 5 atom stereocenters. The number of benzene rings is 4. The van der Waals surface area contributed by atoms with Crippen molar-refractivity contribution < 1.29 is 43.2 Å². The maximum absolute atomic E-state index is 13.4. The second-order valence-electron chi connectivity index (χ2n) is 10.0. The van der Waals surface area contributed by atoms with E-state index in [4.69, 9.17) is 23.7 Å². The molecule has 1 aliphatic heterocycles. The highest BCUT2D eigenvalue weighted by Crippen LogP contribution is 2.31. The molecule has 5 rings (SSSR count). The molecule has 9 nitrogen and oxygen atoms in total. The lowest BCUT2D eigenvalue weighted by Crippen LogP contribution is -2.63. The van der Waals surface area contributed by atoms with E-state index >= 15 is 0 Å². The van der Waals surface area contributed by atoms with Crippen molar-refractivity contribution in [2.75, 3.05) is 13.2 Å². The van der Waals surface area contributed by atoms with Gasteiger partial charge in [0.05, 0.1) is 29.9 Å². The summed E-state index contributed by atoms with van der Waals surface area (Å²) in [5.41, 5.74) is 1.70. The largest absolute Gasteiger partial charge is 0.452 e. The number of aliphatic hydroxyl groups is 1. The average Bonchev–Trinajstić information content (AvgIpc) is 3.08. The van der Waals surface area contributed by atoms with Crippen molar-refractivity contribution in [3.8, 4) is 0 Å². The first-order chi connectivity index (χ1) is 21.5. The van der Waals surface area contributed by atoms with Gasteiger partial charge in [-0.2, -0.15) is 0 Å². The fourth-order valence-electron chi connectivity index (χ4n) is 4.80. The number of aliphatic hydroxyl groups excluding tert-OH is 1. The molecular formula is C35H32O9. The van der Waals surface area contributed by atoms with Crippen LogP contribution in [0.5, 0.6) is 0 Å². The first kappa shape index (κ1) is 30.6. The summed E-state index contributed by atoms with van der Waals surface area (Å²) in [4.78, 5) is 39.9. The number of rotatable bonds is 11. The van der Waals surface area contributed by atoms with E-state index in [0.717, 1.165) is 5.56 Å². The van der Waals surface area contributed by atoms with Crippen LogP contribution in [0.4, 0.5) is 0 Å². The van der Waals surface area contributed by atoms with Crippen LogP contribution in [-0.4, -0.2) is 66.9 Å². The number of carbonyl (C=O) groups excluding carboxylic acids is 3. The minimum Gasteiger partial charge on any atom is -0.452 e. The molecule has 1 N–H and O–H groups in total. The zero-order valence-electron chi connectivity index (χ0n) is 23.8. The Morgan fingerprint density at radius 2 is 0.977 bits per heavy atom. The highest BCUT2D eigenvalue weighted by atomic mass is 16.7. The van der Waals surface area contributed by atoms with E-state index in [9.17, 15) is 19.5 Å². The van der Waals surface area contributed by atoms with Crippen molar-refractivity contribution in [3.63, 3.8) is 0 Å². The van der Waals surface area contributed by atoms with Gasteiger partial charge in [0.1, 0.15) is 6.10 Å². The van der Waals surface area contributed by atoms with Crippen LogP contribution in [0.3, 0.4) is 0 Å². The molecular weight excluding hydrogens is 564 g/mol. The molecule has 0 amide bonds. The Balaban J connectivity index is 1.48. The molecule has 226 valence electrons. The summed E-state index contributed by atoms with van der Waals surface area (Å²) in [5.74, 6) is -2.22. The summed E-state index contributed by atoms with van der Waals surface area (Å²) < 4.78 is 29.8. The van der Waals surface area contributed by atoms with Crippen LogP contribution >= 0.6 is 0 Å². The van der Waals surface area contributed by atoms with Crippen LogP contribution < -0.4 is 0 Å². The van der Waals surface area contributed by atoms with E-state index in [2.05, 4.69) is 0 Å². The lowest BCUT2D eigenvalue weighted by Gasteiger charge is -2.44. The van der Waals surface area contributed by atoms with E-state index in [0.29, 0.717) is 6.42 Å². The first-order valence-corrected chi connectivity index (χ1v) is 14.2. The fourth-order valence-corrected chi connectivity index (χ4v) is 4.80. The van der Waals surface area contributed by atoms with Gasteiger partial charge in [-0.15, -0.1) is 0 Å². The molecule has 0 spiro atoms. The van der Waals surface area contributed by atoms with E-state index < -0.39 is 55.2 Å². The maximum atomic E-state index is 13.4. The van der Waals surface area contributed by atoms with Gasteiger partial charge in [-0.1, -0.05) is 84.9 Å². The van der Waals surface area contributed by atoms with Crippen molar-refractivity contribution in [2.24, 2.45) is 0 Å². The Morgan fingerprint density at radius 1 is 0.568 bits per heavy atom. The Kier molecular flexibility index (Phi) is 10.5. The molecule has 0 radical (unpaired) electrons. The van der Waals surface area contributed by atoms with Gasteiger partial charge in [0.25, 0.3) is 0 Å². The number of hydrogen-bond donors (Lipinski definition) is 1. The lowest BCUT2D eigenvalue weighted by molar-refractivity contribution is -0.298. The smallest absolute Gasteiger partial charge is 0.338 e. The second-order valence-corrected chi connectivity index (χ2v) is 10.0. The van der Waals surface area contributed by atoms with Gasteiger partial charge < -0.3 is 28.8 Å². The number of ether oxygens (including phenoxy) is 5. The molecule has 1 heterocycles. The molecule has 1 fully saturated rings. The SMILES string of the molecule is O=C(O[C@@H]1[C@@H](OC(=O)c2ccccc2)[C@H](OCCc2ccccc2)O[C@H](CO)[C@H]1OC(=O)c1ccccc1)c1ccccc1. The van der Waals surface area contributed by atoms with Crippen LogP contribution in [0.1, 0.15) is 36.6 Å². The number of carbonyl (C=O) groups is 3. The summed E-state index contributed by atoms with van der Waals surface area (Å²) in [5, 5.41) is 10.4. The van der Waals surface area contributed by atoms with Gasteiger partial charge in [0.15, 0.2) is 24.6 Å². The molecule has 1 saturated heterocycles. The number of esters is 3. The van der Waals surface area contributed by atoms with Crippen molar-refractivity contribution in [1.29, 1.82) is 0 Å². The molecule has 4 aromatic rings. The van der Waals surface area contributed by atoms with Gasteiger partial charge in [0.2, 0.25) is 0 Å². The third-order valence-electron chi connectivity index (χ3n) is 7.04. The zero-order chi connectivity index (χ0) is 30.7.